The average Bonchev–Trinajstić information content (AvgIpc) is 3.58. The van der Waals surface area contributed by atoms with Crippen LogP contribution in [0.1, 0.15) is 41.7 Å². The Kier molecular flexibility index (Phi) is 8.76. The van der Waals surface area contributed by atoms with E-state index in [9.17, 15) is 0 Å². The third kappa shape index (κ3) is 6.33. The molecule has 0 saturated heterocycles. The molecule has 49 heavy (non-hydrogen) atoms. The molecule has 0 amide bonds. The third-order valence-electron chi connectivity index (χ3n) is 9.75. The first-order valence-electron chi connectivity index (χ1n) is 17.2. The minimum absolute atomic E-state index is 0.0377. The van der Waals surface area contributed by atoms with E-state index in [-0.39, 0.29) is 5.41 Å². The maximum absolute atomic E-state index is 2.41. The van der Waals surface area contributed by atoms with Crippen LogP contribution < -0.4 is 0 Å². The molecular formula is C48H43N. The number of fused-ring (bicyclic) bond motifs is 6. The Labute approximate surface area is 291 Å². The van der Waals surface area contributed by atoms with Crippen molar-refractivity contribution in [1.82, 2.24) is 4.57 Å². The van der Waals surface area contributed by atoms with E-state index in [1.807, 2.05) is 24.3 Å². The Morgan fingerprint density at radius 3 is 1.49 bits per heavy atom. The monoisotopic (exact) mass is 633 g/mol. The molecule has 1 heteroatoms. The van der Waals surface area contributed by atoms with Gasteiger partial charge in [-0.05, 0) is 78.4 Å². The molecule has 1 aromatic heterocycles. The highest BCUT2D eigenvalue weighted by molar-refractivity contribution is 6.09. The first kappa shape index (κ1) is 31.9. The van der Waals surface area contributed by atoms with Gasteiger partial charge < -0.3 is 4.57 Å². The molecule has 9 rings (SSSR count). The van der Waals surface area contributed by atoms with E-state index in [1.165, 1.54) is 77.6 Å². The van der Waals surface area contributed by atoms with Gasteiger partial charge in [0.1, 0.15) is 0 Å². The normalized spacial score (nSPS) is 12.3. The van der Waals surface area contributed by atoms with Crippen molar-refractivity contribution in [3.05, 3.63) is 198 Å². The summed E-state index contributed by atoms with van der Waals surface area (Å²) < 4.78 is 2.41. The van der Waals surface area contributed by atoms with E-state index in [1.54, 1.807) is 0 Å². The van der Waals surface area contributed by atoms with Crippen LogP contribution >= 0.6 is 0 Å². The van der Waals surface area contributed by atoms with Gasteiger partial charge in [0.25, 0.3) is 0 Å². The molecule has 240 valence electrons. The Balaban J connectivity index is 0.000000155. The van der Waals surface area contributed by atoms with Gasteiger partial charge in [-0.2, -0.15) is 0 Å². The van der Waals surface area contributed by atoms with E-state index in [0.717, 1.165) is 0 Å². The molecule has 1 heterocycles. The van der Waals surface area contributed by atoms with Gasteiger partial charge in [-0.1, -0.05) is 176 Å². The van der Waals surface area contributed by atoms with Gasteiger partial charge in [0.2, 0.25) is 0 Å². The second kappa shape index (κ2) is 13.5. The van der Waals surface area contributed by atoms with Crippen LogP contribution in [-0.4, -0.2) is 4.57 Å². The van der Waals surface area contributed by atoms with Crippen molar-refractivity contribution < 1.29 is 0 Å². The first-order chi connectivity index (χ1) is 23.8. The highest BCUT2D eigenvalue weighted by Crippen LogP contribution is 2.49. The second-order valence-corrected chi connectivity index (χ2v) is 13.7. The number of aryl methyl sites for hydroxylation is 3. The zero-order chi connectivity index (χ0) is 34.0. The van der Waals surface area contributed by atoms with Crippen molar-refractivity contribution >= 4 is 21.8 Å². The first-order valence-corrected chi connectivity index (χ1v) is 17.2. The fourth-order valence-electron chi connectivity index (χ4n) is 7.11. The average molecular weight is 634 g/mol. The van der Waals surface area contributed by atoms with E-state index in [2.05, 4.69) is 185 Å². The molecule has 0 radical (unpaired) electrons. The van der Waals surface area contributed by atoms with E-state index in [0.29, 0.717) is 0 Å². The van der Waals surface area contributed by atoms with Crippen molar-refractivity contribution in [3.8, 4) is 27.9 Å². The predicted molar refractivity (Wildman–Crippen MR) is 211 cm³/mol. The molecule has 0 N–H and O–H groups in total. The Morgan fingerprint density at radius 1 is 0.388 bits per heavy atom. The minimum Gasteiger partial charge on any atom is -0.309 e. The van der Waals surface area contributed by atoms with E-state index >= 15 is 0 Å². The molecule has 7 aromatic carbocycles. The standard InChI is InChI=1S/C28H23N.C13H12.C7H8/c1-18-12-14-20-23-17-19(13-15-24(23)28(2,3)25(20)16-18)29-26-10-6-4-8-21(26)22-9-5-7-11-27(22)29;1-11-7-9-13(10-8-11)12-5-3-2-4-6-12;1-7-5-3-2-4-6-7/h4-17H,1-3H3;2-10H,1H3;2-6H,1H3. The summed E-state index contributed by atoms with van der Waals surface area (Å²) in [5.74, 6) is 0. The number of hydrogen-bond donors (Lipinski definition) is 0. The summed E-state index contributed by atoms with van der Waals surface area (Å²) in [5, 5.41) is 2.61. The number of rotatable bonds is 2. The quantitative estimate of drug-likeness (QED) is 0.178. The van der Waals surface area contributed by atoms with Crippen molar-refractivity contribution in [1.29, 1.82) is 0 Å². The second-order valence-electron chi connectivity index (χ2n) is 13.7. The maximum atomic E-state index is 2.41. The molecule has 0 saturated carbocycles. The lowest BCUT2D eigenvalue weighted by atomic mass is 9.82. The highest BCUT2D eigenvalue weighted by Gasteiger charge is 2.35. The molecule has 0 unspecified atom stereocenters. The third-order valence-corrected chi connectivity index (χ3v) is 9.75. The van der Waals surface area contributed by atoms with Gasteiger partial charge in [-0.25, -0.2) is 0 Å². The summed E-state index contributed by atoms with van der Waals surface area (Å²) in [6, 6.07) is 60.6. The summed E-state index contributed by atoms with van der Waals surface area (Å²) in [6.45, 7) is 11.1. The topological polar surface area (TPSA) is 4.93 Å². The van der Waals surface area contributed by atoms with Crippen molar-refractivity contribution in [2.24, 2.45) is 0 Å². The van der Waals surface area contributed by atoms with Gasteiger partial charge in [0.05, 0.1) is 11.0 Å². The van der Waals surface area contributed by atoms with Crippen LogP contribution in [0.25, 0.3) is 49.7 Å². The summed E-state index contributed by atoms with van der Waals surface area (Å²) in [4.78, 5) is 0. The van der Waals surface area contributed by atoms with Crippen LogP contribution in [0.2, 0.25) is 0 Å². The zero-order valence-corrected chi connectivity index (χ0v) is 29.1. The lowest BCUT2D eigenvalue weighted by Crippen LogP contribution is -2.15. The van der Waals surface area contributed by atoms with E-state index in [4.69, 9.17) is 0 Å². The van der Waals surface area contributed by atoms with Crippen LogP contribution in [0, 0.1) is 20.8 Å². The molecule has 1 nitrogen and oxygen atoms in total. The van der Waals surface area contributed by atoms with Gasteiger partial charge >= 0.3 is 0 Å². The van der Waals surface area contributed by atoms with Gasteiger partial charge in [-0.15, -0.1) is 0 Å². The van der Waals surface area contributed by atoms with Crippen LogP contribution in [0.5, 0.6) is 0 Å². The van der Waals surface area contributed by atoms with Crippen molar-refractivity contribution in [2.45, 2.75) is 40.0 Å². The molecule has 8 aromatic rings. The molecule has 0 bridgehead atoms. The molecule has 0 spiro atoms. The van der Waals surface area contributed by atoms with Crippen LogP contribution in [0.3, 0.4) is 0 Å². The van der Waals surface area contributed by atoms with E-state index < -0.39 is 0 Å². The zero-order valence-electron chi connectivity index (χ0n) is 29.1. The largest absolute Gasteiger partial charge is 0.309 e. The summed E-state index contributed by atoms with van der Waals surface area (Å²) in [6.07, 6.45) is 0. The number of nitrogens with zero attached hydrogens (tertiary/aromatic N) is 1. The lowest BCUT2D eigenvalue weighted by Gasteiger charge is -2.22. The fraction of sp³-hybridized carbons (Fsp3) is 0.125. The summed E-state index contributed by atoms with van der Waals surface area (Å²) >= 11 is 0. The van der Waals surface area contributed by atoms with Gasteiger partial charge in [-0.3, -0.25) is 0 Å². The number of benzene rings is 7. The maximum Gasteiger partial charge on any atom is 0.0541 e. The molecule has 0 aliphatic heterocycles. The van der Waals surface area contributed by atoms with Crippen LogP contribution in [0.15, 0.2) is 170 Å². The predicted octanol–water partition coefficient (Wildman–Crippen LogP) is 13.1. The van der Waals surface area contributed by atoms with Gasteiger partial charge in [0.15, 0.2) is 0 Å². The van der Waals surface area contributed by atoms with Crippen molar-refractivity contribution in [2.75, 3.05) is 0 Å². The Hall–Kier alpha value is -5.66. The minimum atomic E-state index is 0.0377. The molecular weight excluding hydrogens is 591 g/mol. The SMILES string of the molecule is Cc1ccc(-c2ccccc2)cc1.Cc1ccc2c(c1)C(C)(C)c1ccc(-n3c4ccccc4c4ccccc43)cc1-2.Cc1ccccc1. The summed E-state index contributed by atoms with van der Waals surface area (Å²) in [7, 11) is 0. The highest BCUT2D eigenvalue weighted by atomic mass is 15.0. The number of aromatic nitrogens is 1. The molecule has 0 fully saturated rings. The Morgan fingerprint density at radius 2 is 0.898 bits per heavy atom. The smallest absolute Gasteiger partial charge is 0.0541 e. The number of hydrogen-bond acceptors (Lipinski definition) is 0. The summed E-state index contributed by atoms with van der Waals surface area (Å²) in [5.41, 5.74) is 15.9. The van der Waals surface area contributed by atoms with Crippen LogP contribution in [0.4, 0.5) is 0 Å². The van der Waals surface area contributed by atoms with Crippen molar-refractivity contribution in [3.63, 3.8) is 0 Å². The van der Waals surface area contributed by atoms with Gasteiger partial charge in [0, 0.05) is 21.9 Å². The fourth-order valence-corrected chi connectivity index (χ4v) is 7.11. The molecule has 0 atom stereocenters. The number of para-hydroxylation sites is 2. The lowest BCUT2D eigenvalue weighted by molar-refractivity contribution is 0.659. The Bertz CT molecular complexity index is 2300. The molecule has 1 aliphatic carbocycles. The molecule has 1 aliphatic rings. The van der Waals surface area contributed by atoms with Crippen LogP contribution in [-0.2, 0) is 5.41 Å².